The van der Waals surface area contributed by atoms with E-state index in [1.54, 1.807) is 12.3 Å². The van der Waals surface area contributed by atoms with Crippen molar-refractivity contribution >= 4 is 46.7 Å². The highest BCUT2D eigenvalue weighted by molar-refractivity contribution is 8.15. The summed E-state index contributed by atoms with van der Waals surface area (Å²) in [6.07, 6.45) is 5.29. The van der Waals surface area contributed by atoms with E-state index in [4.69, 9.17) is 0 Å². The van der Waals surface area contributed by atoms with Gasteiger partial charge in [-0.25, -0.2) is 0 Å². The molecular formula is C21H20N4O2S. The molecule has 2 N–H and O–H groups in total. The maximum Gasteiger partial charge on any atom is 0.240 e. The second kappa shape index (κ2) is 9.66. The minimum atomic E-state index is -0.515. The third-order valence-electron chi connectivity index (χ3n) is 3.87. The van der Waals surface area contributed by atoms with Crippen molar-refractivity contribution in [3.8, 4) is 0 Å². The van der Waals surface area contributed by atoms with Crippen LogP contribution in [0.3, 0.4) is 0 Å². The van der Waals surface area contributed by atoms with Gasteiger partial charge < -0.3 is 10.6 Å². The summed E-state index contributed by atoms with van der Waals surface area (Å²) < 4.78 is 0. The molecule has 0 unspecified atom stereocenters. The zero-order valence-electron chi connectivity index (χ0n) is 15.3. The van der Waals surface area contributed by atoms with Gasteiger partial charge in [0.15, 0.2) is 5.17 Å². The van der Waals surface area contributed by atoms with Crippen LogP contribution in [-0.4, -0.2) is 28.4 Å². The average molecular weight is 392 g/mol. The fourth-order valence-corrected chi connectivity index (χ4v) is 3.37. The van der Waals surface area contributed by atoms with Crippen molar-refractivity contribution in [3.05, 3.63) is 71.8 Å². The van der Waals surface area contributed by atoms with Gasteiger partial charge in [-0.2, -0.15) is 5.10 Å². The molecule has 1 saturated heterocycles. The molecule has 0 aromatic heterocycles. The minimum Gasteiger partial charge on any atom is -0.326 e. The highest BCUT2D eigenvalue weighted by Crippen LogP contribution is 2.23. The van der Waals surface area contributed by atoms with Crippen molar-refractivity contribution in [2.75, 3.05) is 5.32 Å². The van der Waals surface area contributed by atoms with Crippen molar-refractivity contribution in [2.24, 2.45) is 10.2 Å². The maximum atomic E-state index is 12.2. The molecule has 1 aliphatic rings. The van der Waals surface area contributed by atoms with E-state index in [0.717, 1.165) is 11.1 Å². The van der Waals surface area contributed by atoms with Crippen LogP contribution >= 0.6 is 11.8 Å². The van der Waals surface area contributed by atoms with Crippen molar-refractivity contribution in [2.45, 2.75) is 18.6 Å². The van der Waals surface area contributed by atoms with Crippen LogP contribution in [0.1, 0.15) is 17.5 Å². The van der Waals surface area contributed by atoms with E-state index < -0.39 is 5.25 Å². The Hall–Kier alpha value is -3.19. The molecule has 142 valence electrons. The zero-order chi connectivity index (χ0) is 19.8. The van der Waals surface area contributed by atoms with Gasteiger partial charge >= 0.3 is 0 Å². The lowest BCUT2D eigenvalue weighted by Gasteiger charge is -2.07. The summed E-state index contributed by atoms with van der Waals surface area (Å²) >= 11 is 1.21. The number of thioether (sulfide) groups is 1. The zero-order valence-corrected chi connectivity index (χ0v) is 16.1. The largest absolute Gasteiger partial charge is 0.326 e. The summed E-state index contributed by atoms with van der Waals surface area (Å²) in [7, 11) is 0. The summed E-state index contributed by atoms with van der Waals surface area (Å²) in [6.45, 7) is 1.98. The molecule has 2 amide bonds. The van der Waals surface area contributed by atoms with Crippen LogP contribution in [0.2, 0.25) is 0 Å². The standard InChI is InChI=1S/C21H20N4O2S/c1-15-9-11-17(12-10-15)23-19(26)14-18-20(27)24-21(28-18)25-22-13-5-8-16-6-3-2-4-7-16/h2-13,18H,14H2,1H3,(H,23,26)(H,24,25,27)/t18-/m1/s1. The molecule has 2 aromatic carbocycles. The van der Waals surface area contributed by atoms with Crippen LogP contribution in [0, 0.1) is 6.92 Å². The SMILES string of the molecule is Cc1ccc(NC(=O)C[C@H]2S/C(=N/N=CC=Cc3ccccc3)NC2=O)cc1. The number of hydrogen-bond acceptors (Lipinski definition) is 5. The molecule has 3 rings (SSSR count). The van der Waals surface area contributed by atoms with Gasteiger partial charge in [0.05, 0.1) is 0 Å². The van der Waals surface area contributed by atoms with Gasteiger partial charge in [-0.3, -0.25) is 9.59 Å². The fraction of sp³-hybridized carbons (Fsp3) is 0.143. The number of nitrogens with zero attached hydrogens (tertiary/aromatic N) is 2. The van der Waals surface area contributed by atoms with Crippen LogP contribution in [0.5, 0.6) is 0 Å². The Morgan fingerprint density at radius 3 is 2.68 bits per heavy atom. The van der Waals surface area contributed by atoms with Gasteiger partial charge in [0.1, 0.15) is 5.25 Å². The molecule has 2 aromatic rings. The number of carbonyl (C=O) groups is 2. The molecule has 0 saturated carbocycles. The summed E-state index contributed by atoms with van der Waals surface area (Å²) in [5, 5.41) is 13.2. The van der Waals surface area contributed by atoms with Gasteiger partial charge in [-0.15, -0.1) is 5.10 Å². The first-order valence-corrected chi connectivity index (χ1v) is 9.65. The van der Waals surface area contributed by atoms with Gasteiger partial charge in [0, 0.05) is 18.3 Å². The predicted octanol–water partition coefficient (Wildman–Crippen LogP) is 3.61. The number of allylic oxidation sites excluding steroid dienone is 1. The molecule has 0 spiro atoms. The molecule has 1 heterocycles. The van der Waals surface area contributed by atoms with Gasteiger partial charge in [0.2, 0.25) is 11.8 Å². The van der Waals surface area contributed by atoms with Crippen LogP contribution in [0.15, 0.2) is 70.9 Å². The number of anilines is 1. The van der Waals surface area contributed by atoms with E-state index in [-0.39, 0.29) is 18.2 Å². The lowest BCUT2D eigenvalue weighted by atomic mass is 10.2. The van der Waals surface area contributed by atoms with E-state index in [1.165, 1.54) is 11.8 Å². The van der Waals surface area contributed by atoms with Crippen molar-refractivity contribution in [3.63, 3.8) is 0 Å². The van der Waals surface area contributed by atoms with Crippen molar-refractivity contribution in [1.29, 1.82) is 0 Å². The molecule has 6 nitrogen and oxygen atoms in total. The number of amides is 2. The smallest absolute Gasteiger partial charge is 0.240 e. The molecule has 0 aliphatic carbocycles. The highest BCUT2D eigenvalue weighted by Gasteiger charge is 2.32. The van der Waals surface area contributed by atoms with Crippen molar-refractivity contribution < 1.29 is 9.59 Å². The van der Waals surface area contributed by atoms with E-state index >= 15 is 0 Å². The summed E-state index contributed by atoms with van der Waals surface area (Å²) in [5.74, 6) is -0.454. The topological polar surface area (TPSA) is 82.9 Å². The molecule has 0 radical (unpaired) electrons. The van der Waals surface area contributed by atoms with E-state index in [1.807, 2.05) is 67.6 Å². The molecule has 0 bridgehead atoms. The van der Waals surface area contributed by atoms with E-state index in [9.17, 15) is 9.59 Å². The Morgan fingerprint density at radius 1 is 1.18 bits per heavy atom. The number of carbonyl (C=O) groups excluding carboxylic acids is 2. The Bertz CT molecular complexity index is 921. The van der Waals surface area contributed by atoms with Gasteiger partial charge in [-0.05, 0) is 30.7 Å². The maximum absolute atomic E-state index is 12.2. The lowest BCUT2D eigenvalue weighted by Crippen LogP contribution is -2.28. The van der Waals surface area contributed by atoms with Crippen LogP contribution in [0.4, 0.5) is 5.69 Å². The molecule has 7 heteroatoms. The Labute approximate surface area is 167 Å². The summed E-state index contributed by atoms with van der Waals surface area (Å²) in [4.78, 5) is 24.2. The number of nitrogens with one attached hydrogen (secondary N) is 2. The van der Waals surface area contributed by atoms with Gasteiger partial charge in [0.25, 0.3) is 0 Å². The Kier molecular flexibility index (Phi) is 6.75. The second-order valence-electron chi connectivity index (χ2n) is 6.15. The van der Waals surface area contributed by atoms with Crippen LogP contribution in [0.25, 0.3) is 6.08 Å². The Balaban J connectivity index is 1.49. The number of benzene rings is 2. The molecule has 28 heavy (non-hydrogen) atoms. The van der Waals surface area contributed by atoms with Gasteiger partial charge in [-0.1, -0.05) is 65.9 Å². The lowest BCUT2D eigenvalue weighted by molar-refractivity contribution is -0.122. The third-order valence-corrected chi connectivity index (χ3v) is 4.94. The number of rotatable bonds is 6. The number of aryl methyl sites for hydroxylation is 1. The predicted molar refractivity (Wildman–Crippen MR) is 115 cm³/mol. The minimum absolute atomic E-state index is 0.0705. The number of amidine groups is 1. The molecule has 1 aliphatic heterocycles. The molecular weight excluding hydrogens is 372 g/mol. The summed E-state index contributed by atoms with van der Waals surface area (Å²) in [6, 6.07) is 17.3. The van der Waals surface area contributed by atoms with Crippen LogP contribution in [-0.2, 0) is 9.59 Å². The third kappa shape index (κ3) is 5.92. The van der Waals surface area contributed by atoms with Crippen LogP contribution < -0.4 is 10.6 Å². The second-order valence-corrected chi connectivity index (χ2v) is 7.35. The first-order chi connectivity index (χ1) is 13.6. The Morgan fingerprint density at radius 2 is 1.93 bits per heavy atom. The molecule has 1 atom stereocenters. The summed E-state index contributed by atoms with van der Waals surface area (Å²) in [5.41, 5.74) is 2.89. The monoisotopic (exact) mass is 392 g/mol. The quantitative estimate of drug-likeness (QED) is 0.582. The number of hydrogen-bond donors (Lipinski definition) is 2. The molecule has 1 fully saturated rings. The van der Waals surface area contributed by atoms with E-state index in [0.29, 0.717) is 10.9 Å². The fourth-order valence-electron chi connectivity index (χ4n) is 2.45. The first-order valence-electron chi connectivity index (χ1n) is 8.77. The van der Waals surface area contributed by atoms with E-state index in [2.05, 4.69) is 20.8 Å². The normalized spacial score (nSPS) is 18.1. The average Bonchev–Trinajstić information content (AvgIpc) is 3.03. The van der Waals surface area contributed by atoms with Crippen molar-refractivity contribution in [1.82, 2.24) is 5.32 Å². The highest BCUT2D eigenvalue weighted by atomic mass is 32.2. The first kappa shape index (κ1) is 19.6.